The number of nitrogens with zero attached hydrogens (tertiary/aromatic N) is 3. The number of aliphatic imine (C=N–C) groups is 1. The highest BCUT2D eigenvalue weighted by molar-refractivity contribution is 7.89. The highest BCUT2D eigenvalue weighted by Crippen LogP contribution is 2.22. The Labute approximate surface area is 179 Å². The number of piperazine rings is 1. The number of sulfone groups is 1. The van der Waals surface area contributed by atoms with E-state index in [0.29, 0.717) is 6.54 Å². The quantitative estimate of drug-likeness (QED) is 0.559. The van der Waals surface area contributed by atoms with Crippen LogP contribution in [0.2, 0.25) is 0 Å². The van der Waals surface area contributed by atoms with E-state index in [0.717, 1.165) is 49.0 Å². The van der Waals surface area contributed by atoms with Crippen LogP contribution in [-0.4, -0.2) is 65.9 Å². The summed E-state index contributed by atoms with van der Waals surface area (Å²) in [5.74, 6) is 1.82. The molecule has 1 aliphatic heterocycles. The van der Waals surface area contributed by atoms with Gasteiger partial charge in [-0.15, -0.1) is 0 Å². The van der Waals surface area contributed by atoms with Crippen LogP contribution in [0.4, 0.5) is 5.69 Å². The lowest BCUT2D eigenvalue weighted by molar-refractivity contribution is 0.372. The molecule has 1 N–H and O–H groups in total. The topological polar surface area (TPSA) is 74.2 Å². The number of ether oxygens (including phenoxy) is 1. The van der Waals surface area contributed by atoms with E-state index in [1.807, 2.05) is 36.4 Å². The van der Waals surface area contributed by atoms with Crippen LogP contribution in [0.5, 0.6) is 5.75 Å². The van der Waals surface area contributed by atoms with Crippen molar-refractivity contribution in [3.63, 3.8) is 0 Å². The molecule has 2 aromatic carbocycles. The second kappa shape index (κ2) is 9.84. The fourth-order valence-corrected chi connectivity index (χ4v) is 4.35. The Morgan fingerprint density at radius 1 is 1.07 bits per heavy atom. The van der Waals surface area contributed by atoms with Gasteiger partial charge in [-0.25, -0.2) is 8.42 Å². The first kappa shape index (κ1) is 22.0. The molecule has 8 heteroatoms. The Kier molecular flexibility index (Phi) is 7.20. The van der Waals surface area contributed by atoms with Gasteiger partial charge in [0.2, 0.25) is 0 Å². The molecule has 0 atom stereocenters. The molecule has 1 saturated heterocycles. The molecular formula is C22H30N4O3S. The Morgan fingerprint density at radius 3 is 2.33 bits per heavy atom. The Bertz CT molecular complexity index is 966. The Balaban J connectivity index is 1.52. The summed E-state index contributed by atoms with van der Waals surface area (Å²) < 4.78 is 28.2. The molecule has 1 fully saturated rings. The van der Waals surface area contributed by atoms with Gasteiger partial charge < -0.3 is 19.9 Å². The van der Waals surface area contributed by atoms with Crippen molar-refractivity contribution in [2.24, 2.45) is 4.99 Å². The van der Waals surface area contributed by atoms with Crippen molar-refractivity contribution in [1.82, 2.24) is 10.2 Å². The standard InChI is InChI=1S/C22H30N4O3S/c1-23-22(24-16-18-7-9-19(10-8-18)17-30(3,27)28)26-13-11-25(12-14-26)20-5-4-6-21(15-20)29-2/h4-10,15H,11-14,16-17H2,1-3H3,(H,23,24). The minimum atomic E-state index is -3.02. The normalized spacial score (nSPS) is 15.2. The zero-order valence-electron chi connectivity index (χ0n) is 17.8. The molecule has 3 rings (SSSR count). The van der Waals surface area contributed by atoms with Crippen molar-refractivity contribution in [3.05, 3.63) is 59.7 Å². The predicted octanol–water partition coefficient (Wildman–Crippen LogP) is 2.14. The lowest BCUT2D eigenvalue weighted by atomic mass is 10.1. The Hall–Kier alpha value is -2.74. The van der Waals surface area contributed by atoms with Crippen LogP contribution < -0.4 is 15.0 Å². The molecule has 0 bridgehead atoms. The predicted molar refractivity (Wildman–Crippen MR) is 122 cm³/mol. The molecule has 1 heterocycles. The first-order valence-corrected chi connectivity index (χ1v) is 12.0. The SMILES string of the molecule is CN=C(NCc1ccc(CS(C)(=O)=O)cc1)N1CCN(c2cccc(OC)c2)CC1. The molecule has 0 aliphatic carbocycles. The lowest BCUT2D eigenvalue weighted by Gasteiger charge is -2.37. The molecule has 0 radical (unpaired) electrons. The summed E-state index contributed by atoms with van der Waals surface area (Å²) in [7, 11) is 0.469. The first-order valence-electron chi connectivity index (χ1n) is 9.98. The van der Waals surface area contributed by atoms with Crippen LogP contribution >= 0.6 is 0 Å². The third kappa shape index (κ3) is 6.13. The van der Waals surface area contributed by atoms with Crippen molar-refractivity contribution >= 4 is 21.5 Å². The van der Waals surface area contributed by atoms with Gasteiger partial charge in [-0.2, -0.15) is 0 Å². The van der Waals surface area contributed by atoms with Gasteiger partial charge in [0.05, 0.1) is 12.9 Å². The lowest BCUT2D eigenvalue weighted by Crippen LogP contribution is -2.52. The second-order valence-corrected chi connectivity index (χ2v) is 9.60. The summed E-state index contributed by atoms with van der Waals surface area (Å²) in [6.45, 7) is 4.22. The number of rotatable bonds is 6. The van der Waals surface area contributed by atoms with Gasteiger partial charge in [0.15, 0.2) is 15.8 Å². The first-order chi connectivity index (χ1) is 14.4. The van der Waals surface area contributed by atoms with Crippen molar-refractivity contribution in [2.75, 3.05) is 51.5 Å². The molecule has 0 saturated carbocycles. The van der Waals surface area contributed by atoms with E-state index in [1.165, 1.54) is 11.9 Å². The molecule has 1 aliphatic rings. The number of hydrogen-bond donors (Lipinski definition) is 1. The molecular weight excluding hydrogens is 400 g/mol. The molecule has 0 amide bonds. The minimum Gasteiger partial charge on any atom is -0.497 e. The number of hydrogen-bond acceptors (Lipinski definition) is 5. The zero-order chi connectivity index (χ0) is 21.6. The summed E-state index contributed by atoms with van der Waals surface area (Å²) in [6, 6.07) is 15.8. The average Bonchev–Trinajstić information content (AvgIpc) is 2.75. The van der Waals surface area contributed by atoms with Crippen LogP contribution in [-0.2, 0) is 22.1 Å². The highest BCUT2D eigenvalue weighted by Gasteiger charge is 2.20. The third-order valence-corrected chi connectivity index (χ3v) is 5.97. The van der Waals surface area contributed by atoms with Gasteiger partial charge in [0, 0.05) is 57.8 Å². The monoisotopic (exact) mass is 430 g/mol. The van der Waals surface area contributed by atoms with E-state index >= 15 is 0 Å². The van der Waals surface area contributed by atoms with E-state index in [9.17, 15) is 8.42 Å². The van der Waals surface area contributed by atoms with Gasteiger partial charge in [0.1, 0.15) is 5.75 Å². The maximum Gasteiger partial charge on any atom is 0.194 e. The largest absolute Gasteiger partial charge is 0.497 e. The van der Waals surface area contributed by atoms with Crippen molar-refractivity contribution in [2.45, 2.75) is 12.3 Å². The summed E-state index contributed by atoms with van der Waals surface area (Å²) in [5, 5.41) is 3.42. The minimum absolute atomic E-state index is 0.0694. The molecule has 30 heavy (non-hydrogen) atoms. The van der Waals surface area contributed by atoms with Crippen LogP contribution in [0, 0.1) is 0 Å². The number of guanidine groups is 1. The highest BCUT2D eigenvalue weighted by atomic mass is 32.2. The summed E-state index contributed by atoms with van der Waals surface area (Å²) in [5.41, 5.74) is 3.06. The molecule has 7 nitrogen and oxygen atoms in total. The van der Waals surface area contributed by atoms with E-state index in [-0.39, 0.29) is 5.75 Å². The number of nitrogens with one attached hydrogen (secondary N) is 1. The van der Waals surface area contributed by atoms with Crippen molar-refractivity contribution in [1.29, 1.82) is 0 Å². The number of benzene rings is 2. The maximum absolute atomic E-state index is 11.4. The van der Waals surface area contributed by atoms with Gasteiger partial charge in [-0.05, 0) is 23.3 Å². The fourth-order valence-electron chi connectivity index (χ4n) is 3.55. The van der Waals surface area contributed by atoms with E-state index in [1.54, 1.807) is 14.2 Å². The van der Waals surface area contributed by atoms with Gasteiger partial charge >= 0.3 is 0 Å². The van der Waals surface area contributed by atoms with Crippen molar-refractivity contribution in [3.8, 4) is 5.75 Å². The second-order valence-electron chi connectivity index (χ2n) is 7.46. The van der Waals surface area contributed by atoms with Gasteiger partial charge in [-0.1, -0.05) is 30.3 Å². The van der Waals surface area contributed by atoms with Crippen LogP contribution in [0.3, 0.4) is 0 Å². The van der Waals surface area contributed by atoms with Crippen LogP contribution in [0.25, 0.3) is 0 Å². The average molecular weight is 431 g/mol. The molecule has 162 valence electrons. The Morgan fingerprint density at radius 2 is 1.73 bits per heavy atom. The molecule has 0 spiro atoms. The zero-order valence-corrected chi connectivity index (χ0v) is 18.7. The third-order valence-electron chi connectivity index (χ3n) is 5.11. The summed E-state index contributed by atoms with van der Waals surface area (Å²) >= 11 is 0. The van der Waals surface area contributed by atoms with Gasteiger partial charge in [0.25, 0.3) is 0 Å². The maximum atomic E-state index is 11.4. The van der Waals surface area contributed by atoms with Gasteiger partial charge in [-0.3, -0.25) is 4.99 Å². The molecule has 2 aromatic rings. The summed E-state index contributed by atoms with van der Waals surface area (Å²) in [6.07, 6.45) is 1.25. The van der Waals surface area contributed by atoms with E-state index in [4.69, 9.17) is 4.74 Å². The summed E-state index contributed by atoms with van der Waals surface area (Å²) in [4.78, 5) is 9.04. The van der Waals surface area contributed by atoms with Crippen LogP contribution in [0.15, 0.2) is 53.5 Å². The molecule has 0 unspecified atom stereocenters. The smallest absolute Gasteiger partial charge is 0.194 e. The van der Waals surface area contributed by atoms with E-state index < -0.39 is 9.84 Å². The number of methoxy groups -OCH3 is 1. The van der Waals surface area contributed by atoms with Crippen molar-refractivity contribution < 1.29 is 13.2 Å². The molecule has 0 aromatic heterocycles. The fraction of sp³-hybridized carbons (Fsp3) is 0.409. The van der Waals surface area contributed by atoms with E-state index in [2.05, 4.69) is 32.2 Å². The van der Waals surface area contributed by atoms with Crippen LogP contribution in [0.1, 0.15) is 11.1 Å². The number of anilines is 1.